The maximum atomic E-state index is 12.6. The van der Waals surface area contributed by atoms with Crippen molar-refractivity contribution in [1.29, 1.82) is 0 Å². The fraction of sp³-hybridized carbons (Fsp3) is 0.444. The minimum absolute atomic E-state index is 0.0511. The van der Waals surface area contributed by atoms with Crippen LogP contribution in [0.15, 0.2) is 48.5 Å². The molecule has 0 spiro atoms. The van der Waals surface area contributed by atoms with E-state index in [-0.39, 0.29) is 12.3 Å². The summed E-state index contributed by atoms with van der Waals surface area (Å²) in [7, 11) is 1.33. The van der Waals surface area contributed by atoms with E-state index in [9.17, 15) is 9.59 Å². The topological polar surface area (TPSA) is 96.2 Å². The van der Waals surface area contributed by atoms with Gasteiger partial charge in [-0.25, -0.2) is 4.79 Å². The van der Waals surface area contributed by atoms with Crippen molar-refractivity contribution in [3.63, 3.8) is 0 Å². The lowest BCUT2D eigenvalue weighted by Crippen LogP contribution is -2.28. The summed E-state index contributed by atoms with van der Waals surface area (Å²) in [4.78, 5) is 25.4. The lowest BCUT2D eigenvalue weighted by molar-refractivity contribution is -0.126. The molecule has 1 aromatic heterocycles. The molecule has 0 radical (unpaired) electrons. The number of esters is 1. The number of carbonyl (C=O) groups excluding carboxylic acids is 2. The zero-order chi connectivity index (χ0) is 25.0. The van der Waals surface area contributed by atoms with Crippen LogP contribution in [-0.4, -0.2) is 45.2 Å². The number of aromatic nitrogens is 4. The van der Waals surface area contributed by atoms with E-state index < -0.39 is 12.1 Å². The molecule has 2 aromatic carbocycles. The molecule has 0 saturated carbocycles. The number of benzene rings is 2. The summed E-state index contributed by atoms with van der Waals surface area (Å²) in [5.74, 6) is 0.450. The first-order chi connectivity index (χ1) is 17.0. The smallest absolute Gasteiger partial charge is 0.337 e. The molecule has 0 bridgehead atoms. The highest BCUT2D eigenvalue weighted by molar-refractivity contribution is 5.89. The first kappa shape index (κ1) is 26.1. The van der Waals surface area contributed by atoms with Crippen LogP contribution in [0, 0.1) is 0 Å². The molecular weight excluding hydrogens is 444 g/mol. The van der Waals surface area contributed by atoms with Crippen molar-refractivity contribution in [2.75, 3.05) is 7.11 Å². The van der Waals surface area contributed by atoms with Crippen LogP contribution in [0.1, 0.15) is 68.3 Å². The Balaban J connectivity index is 1.46. The monoisotopic (exact) mass is 478 g/mol. The van der Waals surface area contributed by atoms with Crippen molar-refractivity contribution >= 4 is 11.8 Å². The Hall–Kier alpha value is -3.55. The van der Waals surface area contributed by atoms with Crippen LogP contribution >= 0.6 is 0 Å². The van der Waals surface area contributed by atoms with E-state index in [0.29, 0.717) is 22.7 Å². The number of carbonyl (C=O) groups is 2. The van der Waals surface area contributed by atoms with Gasteiger partial charge in [-0.3, -0.25) is 4.79 Å². The Labute approximate surface area is 206 Å². The molecule has 1 atom stereocenters. The number of aryl methyl sites for hydroxylation is 1. The summed E-state index contributed by atoms with van der Waals surface area (Å²) in [5.41, 5.74) is 2.40. The molecule has 186 valence electrons. The molecule has 3 rings (SSSR count). The van der Waals surface area contributed by atoms with Crippen LogP contribution in [0.2, 0.25) is 0 Å². The van der Waals surface area contributed by atoms with Gasteiger partial charge in [0.1, 0.15) is 12.3 Å². The number of hydrogen-bond donors (Lipinski definition) is 0. The predicted octanol–water partition coefficient (Wildman–Crippen LogP) is 5.07. The maximum absolute atomic E-state index is 12.6. The SMILES string of the molecule is CCCCCCCCc1ccc(OC(C)C(=O)Cn2nnc(-c3ccc(C(=O)OC)cc3)n2)cc1. The number of ketones is 1. The average Bonchev–Trinajstić information content (AvgIpc) is 3.35. The molecule has 0 aliphatic heterocycles. The second-order valence-electron chi connectivity index (χ2n) is 8.60. The molecule has 0 saturated heterocycles. The number of nitrogens with zero attached hydrogens (tertiary/aromatic N) is 4. The predicted molar refractivity (Wildman–Crippen MR) is 133 cm³/mol. The van der Waals surface area contributed by atoms with Gasteiger partial charge in [0.05, 0.1) is 12.7 Å². The molecule has 8 nitrogen and oxygen atoms in total. The minimum atomic E-state index is -0.645. The van der Waals surface area contributed by atoms with Crippen LogP contribution in [-0.2, 0) is 22.5 Å². The Kier molecular flexibility index (Phi) is 9.95. The molecule has 3 aromatic rings. The fourth-order valence-corrected chi connectivity index (χ4v) is 3.68. The highest BCUT2D eigenvalue weighted by Crippen LogP contribution is 2.18. The molecule has 1 heterocycles. The molecule has 0 amide bonds. The van der Waals surface area contributed by atoms with Crippen LogP contribution in [0.5, 0.6) is 5.75 Å². The van der Waals surface area contributed by atoms with E-state index in [1.807, 2.05) is 12.1 Å². The fourth-order valence-electron chi connectivity index (χ4n) is 3.68. The zero-order valence-electron chi connectivity index (χ0n) is 20.8. The van der Waals surface area contributed by atoms with E-state index in [1.54, 1.807) is 31.2 Å². The third kappa shape index (κ3) is 8.02. The second kappa shape index (κ2) is 13.4. The van der Waals surface area contributed by atoms with E-state index in [1.165, 1.54) is 56.0 Å². The van der Waals surface area contributed by atoms with Gasteiger partial charge >= 0.3 is 5.97 Å². The number of Topliss-reactive ketones (excluding diaryl/α,β-unsaturated/α-hetero) is 1. The summed E-state index contributed by atoms with van der Waals surface area (Å²) in [5, 5.41) is 12.2. The number of methoxy groups -OCH3 is 1. The molecule has 0 fully saturated rings. The number of tetrazole rings is 1. The van der Waals surface area contributed by atoms with Gasteiger partial charge in [-0.1, -0.05) is 63.3 Å². The van der Waals surface area contributed by atoms with Gasteiger partial charge in [0.15, 0.2) is 11.9 Å². The molecular formula is C27H34N4O4. The highest BCUT2D eigenvalue weighted by atomic mass is 16.5. The van der Waals surface area contributed by atoms with Gasteiger partial charge in [-0.05, 0) is 54.8 Å². The van der Waals surface area contributed by atoms with E-state index in [2.05, 4.69) is 34.5 Å². The largest absolute Gasteiger partial charge is 0.483 e. The minimum Gasteiger partial charge on any atom is -0.483 e. The first-order valence-electron chi connectivity index (χ1n) is 12.2. The lowest BCUT2D eigenvalue weighted by Gasteiger charge is -2.13. The van der Waals surface area contributed by atoms with Crippen molar-refractivity contribution < 1.29 is 19.1 Å². The van der Waals surface area contributed by atoms with Gasteiger partial charge in [-0.15, -0.1) is 10.2 Å². The van der Waals surface area contributed by atoms with Gasteiger partial charge in [0.2, 0.25) is 5.82 Å². The zero-order valence-corrected chi connectivity index (χ0v) is 20.8. The Morgan fingerprint density at radius 2 is 1.63 bits per heavy atom. The quantitative estimate of drug-likeness (QED) is 0.236. The van der Waals surface area contributed by atoms with Crippen LogP contribution in [0.4, 0.5) is 0 Å². The Morgan fingerprint density at radius 3 is 2.31 bits per heavy atom. The summed E-state index contributed by atoms with van der Waals surface area (Å²) >= 11 is 0. The first-order valence-corrected chi connectivity index (χ1v) is 12.2. The summed E-state index contributed by atoms with van der Waals surface area (Å²) in [6.45, 7) is 3.90. The number of hydrogen-bond acceptors (Lipinski definition) is 7. The van der Waals surface area contributed by atoms with E-state index in [4.69, 9.17) is 9.47 Å². The molecule has 1 unspecified atom stereocenters. The summed E-state index contributed by atoms with van der Waals surface area (Å²) in [6, 6.07) is 14.6. The van der Waals surface area contributed by atoms with Crippen molar-refractivity contribution in [3.05, 3.63) is 59.7 Å². The number of unbranched alkanes of at least 4 members (excludes halogenated alkanes) is 5. The van der Waals surface area contributed by atoms with Crippen molar-refractivity contribution in [3.8, 4) is 17.1 Å². The molecule has 8 heteroatoms. The standard InChI is InChI=1S/C27H34N4O4/c1-4-5-6-7-8-9-10-21-11-17-24(18-12-21)35-20(2)25(32)19-31-29-26(28-30-31)22-13-15-23(16-14-22)27(33)34-3/h11-18,20H,4-10,19H2,1-3H3. The van der Waals surface area contributed by atoms with Gasteiger partial charge < -0.3 is 9.47 Å². The van der Waals surface area contributed by atoms with Crippen molar-refractivity contribution in [2.24, 2.45) is 0 Å². The normalized spacial score (nSPS) is 11.7. The lowest BCUT2D eigenvalue weighted by atomic mass is 10.0. The second-order valence-corrected chi connectivity index (χ2v) is 8.60. The van der Waals surface area contributed by atoms with Crippen molar-refractivity contribution in [1.82, 2.24) is 20.2 Å². The molecule has 35 heavy (non-hydrogen) atoms. The van der Waals surface area contributed by atoms with Gasteiger partial charge in [-0.2, -0.15) is 4.80 Å². The molecule has 0 aliphatic rings. The Bertz CT molecular complexity index is 1080. The average molecular weight is 479 g/mol. The Morgan fingerprint density at radius 1 is 0.943 bits per heavy atom. The number of ether oxygens (including phenoxy) is 2. The number of rotatable bonds is 14. The van der Waals surface area contributed by atoms with Gasteiger partial charge in [0.25, 0.3) is 0 Å². The molecule has 0 aliphatic carbocycles. The van der Waals surface area contributed by atoms with Crippen LogP contribution in [0.3, 0.4) is 0 Å². The van der Waals surface area contributed by atoms with Crippen LogP contribution < -0.4 is 4.74 Å². The summed E-state index contributed by atoms with van der Waals surface area (Å²) in [6.07, 6.45) is 8.10. The van der Waals surface area contributed by atoms with E-state index in [0.717, 1.165) is 6.42 Å². The molecule has 0 N–H and O–H groups in total. The maximum Gasteiger partial charge on any atom is 0.337 e. The van der Waals surface area contributed by atoms with Crippen LogP contribution in [0.25, 0.3) is 11.4 Å². The van der Waals surface area contributed by atoms with Crippen molar-refractivity contribution in [2.45, 2.75) is 71.4 Å². The van der Waals surface area contributed by atoms with Gasteiger partial charge in [0, 0.05) is 5.56 Å². The third-order valence-electron chi connectivity index (χ3n) is 5.82. The third-order valence-corrected chi connectivity index (χ3v) is 5.82. The van der Waals surface area contributed by atoms with E-state index >= 15 is 0 Å². The summed E-state index contributed by atoms with van der Waals surface area (Å²) < 4.78 is 10.5. The highest BCUT2D eigenvalue weighted by Gasteiger charge is 2.18.